The summed E-state index contributed by atoms with van der Waals surface area (Å²) in [4.78, 5) is 7.54. The Kier molecular flexibility index (Phi) is 2.50. The number of para-hydroxylation sites is 2. The summed E-state index contributed by atoms with van der Waals surface area (Å²) in [7, 11) is 0. The number of nitrogens with one attached hydrogen (secondary N) is 2. The van der Waals surface area contributed by atoms with Crippen molar-refractivity contribution in [1.29, 1.82) is 0 Å². The molecule has 1 aliphatic rings. The fourth-order valence-electron chi connectivity index (χ4n) is 2.05. The average molecular weight is 217 g/mol. The highest BCUT2D eigenvalue weighted by molar-refractivity contribution is 5.75. The predicted molar refractivity (Wildman–Crippen MR) is 62.6 cm³/mol. The van der Waals surface area contributed by atoms with Crippen molar-refractivity contribution in [2.45, 2.75) is 6.42 Å². The molecular weight excluding hydrogens is 202 g/mol. The molecule has 84 valence electrons. The van der Waals surface area contributed by atoms with Crippen LogP contribution in [0.4, 0.5) is 0 Å². The second-order valence-corrected chi connectivity index (χ2v) is 4.23. The average Bonchev–Trinajstić information content (AvgIpc) is 2.95. The van der Waals surface area contributed by atoms with E-state index in [1.807, 2.05) is 24.3 Å². The van der Waals surface area contributed by atoms with Crippen molar-refractivity contribution in [2.75, 3.05) is 19.7 Å². The third kappa shape index (κ3) is 1.88. The van der Waals surface area contributed by atoms with E-state index < -0.39 is 0 Å². The highest BCUT2D eigenvalue weighted by Crippen LogP contribution is 2.16. The van der Waals surface area contributed by atoms with E-state index in [0.717, 1.165) is 30.7 Å². The lowest BCUT2D eigenvalue weighted by Crippen LogP contribution is -2.15. The monoisotopic (exact) mass is 217 g/mol. The Morgan fingerprint density at radius 2 is 2.31 bits per heavy atom. The second-order valence-electron chi connectivity index (χ2n) is 4.23. The number of nitrogens with zero attached hydrogens (tertiary/aromatic N) is 1. The number of aromatic amines is 1. The molecule has 2 aromatic rings. The number of H-pyrrole nitrogens is 1. The number of rotatable bonds is 3. The minimum absolute atomic E-state index is 0.619. The molecule has 1 aromatic carbocycles. The fraction of sp³-hybridized carbons (Fsp3) is 0.417. The van der Waals surface area contributed by atoms with Gasteiger partial charge in [0.2, 0.25) is 0 Å². The summed E-state index contributed by atoms with van der Waals surface area (Å²) in [6.45, 7) is 2.90. The van der Waals surface area contributed by atoms with Crippen molar-refractivity contribution in [3.05, 3.63) is 24.3 Å². The molecule has 0 bridgehead atoms. The van der Waals surface area contributed by atoms with Crippen LogP contribution in [0.2, 0.25) is 0 Å². The Bertz CT molecular complexity index is 441. The van der Waals surface area contributed by atoms with Crippen molar-refractivity contribution < 1.29 is 4.74 Å². The van der Waals surface area contributed by atoms with E-state index in [0.29, 0.717) is 11.9 Å². The van der Waals surface area contributed by atoms with Gasteiger partial charge in [0.1, 0.15) is 0 Å². The quantitative estimate of drug-likeness (QED) is 0.820. The molecule has 0 amide bonds. The first-order chi connectivity index (χ1) is 7.92. The van der Waals surface area contributed by atoms with Gasteiger partial charge in [-0.3, -0.25) is 0 Å². The molecule has 0 saturated carbocycles. The van der Waals surface area contributed by atoms with Gasteiger partial charge in [-0.15, -0.1) is 0 Å². The molecule has 1 fully saturated rings. The van der Waals surface area contributed by atoms with Crippen LogP contribution in [0.15, 0.2) is 24.3 Å². The molecule has 3 rings (SSSR count). The van der Waals surface area contributed by atoms with Crippen molar-refractivity contribution in [3.63, 3.8) is 0 Å². The summed E-state index contributed by atoms with van der Waals surface area (Å²) in [5, 5.41) is 3.32. The van der Waals surface area contributed by atoms with E-state index in [1.165, 1.54) is 6.42 Å². The van der Waals surface area contributed by atoms with E-state index in [9.17, 15) is 0 Å². The number of ether oxygens (including phenoxy) is 1. The van der Waals surface area contributed by atoms with Gasteiger partial charge in [0.15, 0.2) is 0 Å². The van der Waals surface area contributed by atoms with Crippen LogP contribution < -0.4 is 10.1 Å². The van der Waals surface area contributed by atoms with Crippen LogP contribution in [0.1, 0.15) is 6.42 Å². The lowest BCUT2D eigenvalue weighted by molar-refractivity contribution is 0.244. The van der Waals surface area contributed by atoms with Crippen LogP contribution in [0, 0.1) is 5.92 Å². The third-order valence-corrected chi connectivity index (χ3v) is 2.99. The van der Waals surface area contributed by atoms with Crippen molar-refractivity contribution in [2.24, 2.45) is 5.92 Å². The highest BCUT2D eigenvalue weighted by Gasteiger charge is 2.15. The first kappa shape index (κ1) is 9.66. The molecule has 1 aliphatic heterocycles. The normalized spacial score (nSPS) is 20.4. The summed E-state index contributed by atoms with van der Waals surface area (Å²) in [5.74, 6) is 0.619. The molecule has 0 radical (unpaired) electrons. The molecular formula is C12H15N3O. The zero-order valence-electron chi connectivity index (χ0n) is 9.07. The van der Waals surface area contributed by atoms with Crippen LogP contribution in [0.25, 0.3) is 11.0 Å². The van der Waals surface area contributed by atoms with Crippen molar-refractivity contribution in [1.82, 2.24) is 15.3 Å². The number of aromatic nitrogens is 2. The zero-order chi connectivity index (χ0) is 10.8. The van der Waals surface area contributed by atoms with Gasteiger partial charge in [-0.05, 0) is 25.1 Å². The summed E-state index contributed by atoms with van der Waals surface area (Å²) >= 11 is 0. The molecule has 1 unspecified atom stereocenters. The van der Waals surface area contributed by atoms with Crippen LogP contribution in [-0.4, -0.2) is 29.7 Å². The largest absolute Gasteiger partial charge is 0.464 e. The Morgan fingerprint density at radius 3 is 3.12 bits per heavy atom. The van der Waals surface area contributed by atoms with Gasteiger partial charge >= 0.3 is 0 Å². The Labute approximate surface area is 94.0 Å². The molecule has 0 spiro atoms. The van der Waals surface area contributed by atoms with Gasteiger partial charge in [-0.25, -0.2) is 0 Å². The summed E-state index contributed by atoms with van der Waals surface area (Å²) in [5.41, 5.74) is 1.99. The maximum atomic E-state index is 5.67. The van der Waals surface area contributed by atoms with Gasteiger partial charge in [-0.1, -0.05) is 12.1 Å². The third-order valence-electron chi connectivity index (χ3n) is 2.99. The lowest BCUT2D eigenvalue weighted by Gasteiger charge is -2.07. The van der Waals surface area contributed by atoms with Crippen LogP contribution >= 0.6 is 0 Å². The molecule has 2 heterocycles. The highest BCUT2D eigenvalue weighted by atomic mass is 16.5. The minimum atomic E-state index is 0.619. The Balaban J connectivity index is 1.69. The Hall–Kier alpha value is -1.55. The van der Waals surface area contributed by atoms with E-state index in [4.69, 9.17) is 4.74 Å². The van der Waals surface area contributed by atoms with E-state index >= 15 is 0 Å². The maximum absolute atomic E-state index is 5.67. The minimum Gasteiger partial charge on any atom is -0.464 e. The zero-order valence-corrected chi connectivity index (χ0v) is 9.07. The molecule has 1 aromatic heterocycles. The molecule has 4 heteroatoms. The van der Waals surface area contributed by atoms with E-state index in [-0.39, 0.29) is 0 Å². The van der Waals surface area contributed by atoms with E-state index in [1.54, 1.807) is 0 Å². The van der Waals surface area contributed by atoms with Gasteiger partial charge in [0.05, 0.1) is 17.6 Å². The summed E-state index contributed by atoms with van der Waals surface area (Å²) < 4.78 is 5.67. The Morgan fingerprint density at radius 1 is 1.38 bits per heavy atom. The first-order valence-electron chi connectivity index (χ1n) is 5.70. The van der Waals surface area contributed by atoms with Crippen molar-refractivity contribution >= 4 is 11.0 Å². The van der Waals surface area contributed by atoms with Crippen LogP contribution in [0.3, 0.4) is 0 Å². The molecule has 4 nitrogen and oxygen atoms in total. The fourth-order valence-corrected chi connectivity index (χ4v) is 2.05. The second kappa shape index (κ2) is 4.14. The number of hydrogen-bond donors (Lipinski definition) is 2. The number of imidazole rings is 1. The molecule has 1 saturated heterocycles. The van der Waals surface area contributed by atoms with E-state index in [2.05, 4.69) is 15.3 Å². The first-order valence-corrected chi connectivity index (χ1v) is 5.70. The number of benzene rings is 1. The molecule has 16 heavy (non-hydrogen) atoms. The van der Waals surface area contributed by atoms with Crippen LogP contribution in [-0.2, 0) is 0 Å². The van der Waals surface area contributed by atoms with Gasteiger partial charge in [0.25, 0.3) is 6.01 Å². The lowest BCUT2D eigenvalue weighted by atomic mass is 10.1. The standard InChI is InChI=1S/C12H15N3O/c1-2-4-11-10(3-1)14-12(15-11)16-8-9-5-6-13-7-9/h1-4,9,13H,5-8H2,(H,14,15). The van der Waals surface area contributed by atoms with Gasteiger partial charge < -0.3 is 15.0 Å². The van der Waals surface area contributed by atoms with Crippen LogP contribution in [0.5, 0.6) is 6.01 Å². The molecule has 1 atom stereocenters. The number of hydrogen-bond acceptors (Lipinski definition) is 3. The summed E-state index contributed by atoms with van der Waals surface area (Å²) in [6.07, 6.45) is 1.19. The topological polar surface area (TPSA) is 49.9 Å². The van der Waals surface area contributed by atoms with Gasteiger partial charge in [-0.2, -0.15) is 4.98 Å². The predicted octanol–water partition coefficient (Wildman–Crippen LogP) is 1.55. The smallest absolute Gasteiger partial charge is 0.294 e. The molecule has 0 aliphatic carbocycles. The maximum Gasteiger partial charge on any atom is 0.294 e. The number of fused-ring (bicyclic) bond motifs is 1. The SMILES string of the molecule is c1ccc2[nH]c(OCC3CCNC3)nc2c1. The van der Waals surface area contributed by atoms with Gasteiger partial charge in [0, 0.05) is 12.5 Å². The van der Waals surface area contributed by atoms with Crippen molar-refractivity contribution in [3.8, 4) is 6.01 Å². The summed E-state index contributed by atoms with van der Waals surface area (Å²) in [6, 6.07) is 8.59. The molecule has 2 N–H and O–H groups in total.